The van der Waals surface area contributed by atoms with Gasteiger partial charge in [-0.25, -0.2) is 4.79 Å². The third-order valence-electron chi connectivity index (χ3n) is 3.30. The van der Waals surface area contributed by atoms with Gasteiger partial charge in [-0.2, -0.15) is 0 Å². The summed E-state index contributed by atoms with van der Waals surface area (Å²) in [6, 6.07) is 6.70. The molecule has 0 saturated carbocycles. The van der Waals surface area contributed by atoms with Crippen molar-refractivity contribution in [1.82, 2.24) is 10.2 Å². The fourth-order valence-electron chi connectivity index (χ4n) is 2.14. The highest BCUT2D eigenvalue weighted by Crippen LogP contribution is 2.08. The number of carboxylic acid groups (broad SMARTS) is 1. The Kier molecular flexibility index (Phi) is 4.52. The van der Waals surface area contributed by atoms with E-state index < -0.39 is 5.97 Å². The molecule has 19 heavy (non-hydrogen) atoms. The van der Waals surface area contributed by atoms with E-state index in [9.17, 15) is 9.59 Å². The van der Waals surface area contributed by atoms with Gasteiger partial charge in [0.2, 0.25) is 5.91 Å². The molecule has 1 aliphatic heterocycles. The maximum atomic E-state index is 12.0. The van der Waals surface area contributed by atoms with Crippen molar-refractivity contribution in [2.75, 3.05) is 26.2 Å². The monoisotopic (exact) mass is 262 g/mol. The first kappa shape index (κ1) is 13.5. The maximum absolute atomic E-state index is 12.0. The van der Waals surface area contributed by atoms with Gasteiger partial charge in [0.15, 0.2) is 0 Å². The molecule has 0 aliphatic carbocycles. The lowest BCUT2D eigenvalue weighted by molar-refractivity contribution is -0.131. The van der Waals surface area contributed by atoms with Crippen LogP contribution in [0.1, 0.15) is 22.3 Å². The molecule has 1 aromatic rings. The molecule has 0 bridgehead atoms. The van der Waals surface area contributed by atoms with E-state index >= 15 is 0 Å². The topological polar surface area (TPSA) is 69.6 Å². The van der Waals surface area contributed by atoms with Crippen LogP contribution in [-0.4, -0.2) is 48.1 Å². The van der Waals surface area contributed by atoms with Crippen LogP contribution in [0.2, 0.25) is 0 Å². The van der Waals surface area contributed by atoms with E-state index in [0.717, 1.165) is 31.7 Å². The fraction of sp³-hybridized carbons (Fsp3) is 0.429. The summed E-state index contributed by atoms with van der Waals surface area (Å²) in [4.78, 5) is 24.5. The number of hydrogen-bond acceptors (Lipinski definition) is 3. The van der Waals surface area contributed by atoms with Crippen LogP contribution >= 0.6 is 0 Å². The van der Waals surface area contributed by atoms with Crippen LogP contribution in [0.4, 0.5) is 0 Å². The number of nitrogens with one attached hydrogen (secondary N) is 1. The van der Waals surface area contributed by atoms with Crippen molar-refractivity contribution in [3.63, 3.8) is 0 Å². The Hall–Kier alpha value is -1.88. The molecule has 1 heterocycles. The molecule has 102 valence electrons. The van der Waals surface area contributed by atoms with E-state index in [0.29, 0.717) is 12.8 Å². The van der Waals surface area contributed by atoms with Gasteiger partial charge in [0, 0.05) is 32.6 Å². The SMILES string of the molecule is O=C(O)c1ccc(CCC(=O)N2CCNCC2)cc1. The highest BCUT2D eigenvalue weighted by atomic mass is 16.4. The van der Waals surface area contributed by atoms with Crippen molar-refractivity contribution in [2.24, 2.45) is 0 Å². The van der Waals surface area contributed by atoms with Gasteiger partial charge in [0.25, 0.3) is 0 Å². The molecule has 1 saturated heterocycles. The van der Waals surface area contributed by atoms with Crippen molar-refractivity contribution < 1.29 is 14.7 Å². The molecule has 0 aromatic heterocycles. The van der Waals surface area contributed by atoms with Crippen LogP contribution in [0.25, 0.3) is 0 Å². The Balaban J connectivity index is 1.84. The van der Waals surface area contributed by atoms with E-state index in [1.165, 1.54) is 0 Å². The van der Waals surface area contributed by atoms with Crippen LogP contribution in [0.15, 0.2) is 24.3 Å². The lowest BCUT2D eigenvalue weighted by Gasteiger charge is -2.27. The average Bonchev–Trinajstić information content (AvgIpc) is 2.46. The molecule has 1 aliphatic rings. The molecule has 1 fully saturated rings. The normalized spacial score (nSPS) is 15.3. The summed E-state index contributed by atoms with van der Waals surface area (Å²) in [5.74, 6) is -0.757. The van der Waals surface area contributed by atoms with E-state index in [2.05, 4.69) is 5.32 Å². The lowest BCUT2D eigenvalue weighted by Crippen LogP contribution is -2.46. The first-order chi connectivity index (χ1) is 9.16. The van der Waals surface area contributed by atoms with Crippen LogP contribution < -0.4 is 5.32 Å². The van der Waals surface area contributed by atoms with Crippen molar-refractivity contribution in [2.45, 2.75) is 12.8 Å². The highest BCUT2D eigenvalue weighted by Gasteiger charge is 2.15. The average molecular weight is 262 g/mol. The number of aromatic carboxylic acids is 1. The molecule has 0 atom stereocenters. The number of amides is 1. The third kappa shape index (κ3) is 3.79. The van der Waals surface area contributed by atoms with Gasteiger partial charge >= 0.3 is 5.97 Å². The van der Waals surface area contributed by atoms with Gasteiger partial charge in [-0.3, -0.25) is 4.79 Å². The lowest BCUT2D eigenvalue weighted by atomic mass is 10.1. The van der Waals surface area contributed by atoms with Crippen LogP contribution in [-0.2, 0) is 11.2 Å². The maximum Gasteiger partial charge on any atom is 0.335 e. The predicted molar refractivity (Wildman–Crippen MR) is 71.2 cm³/mol. The van der Waals surface area contributed by atoms with Gasteiger partial charge < -0.3 is 15.3 Å². The molecule has 0 radical (unpaired) electrons. The number of nitrogens with zero attached hydrogens (tertiary/aromatic N) is 1. The zero-order valence-corrected chi connectivity index (χ0v) is 10.8. The number of piperazine rings is 1. The highest BCUT2D eigenvalue weighted by molar-refractivity contribution is 5.87. The molecule has 5 heteroatoms. The van der Waals surface area contributed by atoms with Crippen LogP contribution in [0.5, 0.6) is 0 Å². The first-order valence-corrected chi connectivity index (χ1v) is 6.47. The third-order valence-corrected chi connectivity index (χ3v) is 3.30. The summed E-state index contributed by atoms with van der Waals surface area (Å²) in [5.41, 5.74) is 1.27. The second-order valence-electron chi connectivity index (χ2n) is 4.63. The minimum Gasteiger partial charge on any atom is -0.478 e. The second kappa shape index (κ2) is 6.33. The number of aryl methyl sites for hydroxylation is 1. The molecule has 1 amide bonds. The number of rotatable bonds is 4. The molecule has 1 aromatic carbocycles. The van der Waals surface area contributed by atoms with Crippen LogP contribution in [0, 0.1) is 0 Å². The van der Waals surface area contributed by atoms with Gasteiger partial charge in [-0.05, 0) is 24.1 Å². The second-order valence-corrected chi connectivity index (χ2v) is 4.63. The van der Waals surface area contributed by atoms with Crippen molar-refractivity contribution >= 4 is 11.9 Å². The van der Waals surface area contributed by atoms with Crippen LogP contribution in [0.3, 0.4) is 0 Å². The van der Waals surface area contributed by atoms with E-state index in [1.54, 1.807) is 24.3 Å². The predicted octanol–water partition coefficient (Wildman–Crippen LogP) is 0.749. The fourth-order valence-corrected chi connectivity index (χ4v) is 2.14. The Morgan fingerprint density at radius 2 is 1.79 bits per heavy atom. The summed E-state index contributed by atoms with van der Waals surface area (Å²) in [6.45, 7) is 3.27. The standard InChI is InChI=1S/C14H18N2O3/c17-13(16-9-7-15-8-10-16)6-3-11-1-4-12(5-2-11)14(18)19/h1-2,4-5,15H,3,6-10H2,(H,18,19). The van der Waals surface area contributed by atoms with Gasteiger partial charge in [-0.15, -0.1) is 0 Å². The van der Waals surface area contributed by atoms with E-state index in [-0.39, 0.29) is 11.5 Å². The first-order valence-electron chi connectivity index (χ1n) is 6.47. The Labute approximate surface area is 112 Å². The van der Waals surface area contributed by atoms with E-state index in [4.69, 9.17) is 5.11 Å². The minimum atomic E-state index is -0.927. The molecule has 2 N–H and O–H groups in total. The summed E-state index contributed by atoms with van der Waals surface area (Å²) in [6.07, 6.45) is 1.13. The number of hydrogen-bond donors (Lipinski definition) is 2. The van der Waals surface area contributed by atoms with Gasteiger partial charge in [0.05, 0.1) is 5.56 Å². The molecule has 0 unspecified atom stereocenters. The smallest absolute Gasteiger partial charge is 0.335 e. The molecule has 2 rings (SSSR count). The number of benzene rings is 1. The van der Waals surface area contributed by atoms with Crippen molar-refractivity contribution in [3.05, 3.63) is 35.4 Å². The quantitative estimate of drug-likeness (QED) is 0.840. The number of carbonyl (C=O) groups is 2. The molecular formula is C14H18N2O3. The number of carbonyl (C=O) groups excluding carboxylic acids is 1. The zero-order chi connectivity index (χ0) is 13.7. The summed E-state index contributed by atoms with van der Waals surface area (Å²) in [7, 11) is 0. The largest absolute Gasteiger partial charge is 0.478 e. The summed E-state index contributed by atoms with van der Waals surface area (Å²) in [5, 5.41) is 12.0. The van der Waals surface area contributed by atoms with Crippen molar-refractivity contribution in [1.29, 1.82) is 0 Å². The zero-order valence-electron chi connectivity index (χ0n) is 10.8. The van der Waals surface area contributed by atoms with Gasteiger partial charge in [-0.1, -0.05) is 12.1 Å². The molecule has 0 spiro atoms. The van der Waals surface area contributed by atoms with Crippen molar-refractivity contribution in [3.8, 4) is 0 Å². The summed E-state index contributed by atoms with van der Waals surface area (Å²) >= 11 is 0. The minimum absolute atomic E-state index is 0.170. The van der Waals surface area contributed by atoms with Gasteiger partial charge in [0.1, 0.15) is 0 Å². The summed E-state index contributed by atoms with van der Waals surface area (Å²) < 4.78 is 0. The Morgan fingerprint density at radius 1 is 1.16 bits per heavy atom. The Bertz CT molecular complexity index is 450. The Morgan fingerprint density at radius 3 is 2.37 bits per heavy atom. The molecular weight excluding hydrogens is 244 g/mol. The number of carboxylic acids is 1. The molecule has 5 nitrogen and oxygen atoms in total. The van der Waals surface area contributed by atoms with E-state index in [1.807, 2.05) is 4.90 Å².